The van der Waals surface area contributed by atoms with Crippen LogP contribution in [-0.2, 0) is 9.53 Å². The van der Waals surface area contributed by atoms with Crippen LogP contribution in [-0.4, -0.2) is 49.2 Å². The van der Waals surface area contributed by atoms with E-state index >= 15 is 0 Å². The molecule has 0 bridgehead atoms. The maximum absolute atomic E-state index is 12.2. The van der Waals surface area contributed by atoms with Crippen molar-refractivity contribution in [2.75, 3.05) is 26.2 Å². The molecule has 0 saturated carbocycles. The second-order valence-corrected chi connectivity index (χ2v) is 6.06. The topological polar surface area (TPSA) is 41.6 Å². The Hall–Kier alpha value is -0.610. The summed E-state index contributed by atoms with van der Waals surface area (Å²) in [5.41, 5.74) is -0.298. The molecule has 0 aromatic carbocycles. The zero-order valence-electron chi connectivity index (χ0n) is 11.7. The van der Waals surface area contributed by atoms with Crippen molar-refractivity contribution in [1.29, 1.82) is 0 Å². The Bertz CT molecular complexity index is 259. The summed E-state index contributed by atoms with van der Waals surface area (Å²) >= 11 is 0. The highest BCUT2D eigenvalue weighted by Gasteiger charge is 2.31. The molecule has 0 aromatic heterocycles. The van der Waals surface area contributed by atoms with Crippen molar-refractivity contribution in [3.63, 3.8) is 0 Å². The third-order valence-corrected chi connectivity index (χ3v) is 2.82. The number of carbonyl (C=O) groups excluding carboxylic acids is 1. The minimum absolute atomic E-state index is 0.123. The Morgan fingerprint density at radius 3 is 2.65 bits per heavy atom. The van der Waals surface area contributed by atoms with Crippen LogP contribution in [0.1, 0.15) is 34.6 Å². The fourth-order valence-electron chi connectivity index (χ4n) is 1.87. The van der Waals surface area contributed by atoms with Gasteiger partial charge in [0.25, 0.3) is 0 Å². The van der Waals surface area contributed by atoms with Gasteiger partial charge in [0, 0.05) is 31.1 Å². The first-order chi connectivity index (χ1) is 7.80. The van der Waals surface area contributed by atoms with Gasteiger partial charge in [-0.2, -0.15) is 0 Å². The lowest BCUT2D eigenvalue weighted by Crippen LogP contribution is -2.52. The van der Waals surface area contributed by atoms with Crippen molar-refractivity contribution in [3.8, 4) is 0 Å². The predicted molar refractivity (Wildman–Crippen MR) is 68.9 cm³/mol. The molecule has 100 valence electrons. The predicted octanol–water partition coefficient (Wildman–Crippen LogP) is 1.26. The number of amides is 1. The molecule has 4 heteroatoms. The van der Waals surface area contributed by atoms with E-state index in [2.05, 4.69) is 19.2 Å². The lowest BCUT2D eigenvalue weighted by Gasteiger charge is -2.36. The Morgan fingerprint density at radius 1 is 1.47 bits per heavy atom. The monoisotopic (exact) mass is 242 g/mol. The van der Waals surface area contributed by atoms with Gasteiger partial charge in [-0.25, -0.2) is 0 Å². The number of morpholine rings is 1. The smallest absolute Gasteiger partial charge is 0.228 e. The number of hydrogen-bond donors (Lipinski definition) is 1. The second-order valence-electron chi connectivity index (χ2n) is 6.06. The molecule has 1 amide bonds. The van der Waals surface area contributed by atoms with E-state index < -0.39 is 0 Å². The van der Waals surface area contributed by atoms with E-state index in [-0.39, 0.29) is 17.4 Å². The van der Waals surface area contributed by atoms with Gasteiger partial charge in [0.15, 0.2) is 0 Å². The van der Waals surface area contributed by atoms with Crippen LogP contribution in [0.3, 0.4) is 0 Å². The van der Waals surface area contributed by atoms with Crippen molar-refractivity contribution < 1.29 is 9.53 Å². The van der Waals surface area contributed by atoms with Gasteiger partial charge in [-0.05, 0) is 0 Å². The summed E-state index contributed by atoms with van der Waals surface area (Å²) < 4.78 is 5.67. The second kappa shape index (κ2) is 5.83. The Balaban J connectivity index is 2.46. The van der Waals surface area contributed by atoms with Crippen molar-refractivity contribution in [2.45, 2.75) is 46.8 Å². The fourth-order valence-corrected chi connectivity index (χ4v) is 1.87. The number of hydrogen-bond acceptors (Lipinski definition) is 3. The third kappa shape index (κ3) is 4.64. The average molecular weight is 242 g/mol. The fraction of sp³-hybridized carbons (Fsp3) is 0.923. The molecule has 0 aromatic rings. The van der Waals surface area contributed by atoms with Crippen LogP contribution in [0.25, 0.3) is 0 Å². The van der Waals surface area contributed by atoms with E-state index in [0.717, 1.165) is 6.54 Å². The van der Waals surface area contributed by atoms with Gasteiger partial charge in [0.1, 0.15) is 0 Å². The number of ether oxygens (including phenoxy) is 1. The summed E-state index contributed by atoms with van der Waals surface area (Å²) in [7, 11) is 0. The first kappa shape index (κ1) is 14.5. The zero-order valence-corrected chi connectivity index (χ0v) is 11.7. The highest BCUT2D eigenvalue weighted by Crippen LogP contribution is 2.19. The normalized spacial score (nSPS) is 22.0. The van der Waals surface area contributed by atoms with Gasteiger partial charge in [0.05, 0.1) is 12.7 Å². The molecule has 1 aliphatic heterocycles. The lowest BCUT2D eigenvalue weighted by molar-refractivity contribution is -0.146. The van der Waals surface area contributed by atoms with Gasteiger partial charge in [-0.1, -0.05) is 34.6 Å². The number of rotatable bonds is 3. The van der Waals surface area contributed by atoms with E-state index in [4.69, 9.17) is 4.74 Å². The minimum atomic E-state index is -0.298. The van der Waals surface area contributed by atoms with E-state index in [1.165, 1.54) is 0 Å². The summed E-state index contributed by atoms with van der Waals surface area (Å²) in [6.07, 6.45) is 0.123. The highest BCUT2D eigenvalue weighted by atomic mass is 16.5. The largest absolute Gasteiger partial charge is 0.373 e. The van der Waals surface area contributed by atoms with Crippen molar-refractivity contribution in [1.82, 2.24) is 10.2 Å². The molecule has 1 saturated heterocycles. The first-order valence-corrected chi connectivity index (χ1v) is 6.45. The molecule has 17 heavy (non-hydrogen) atoms. The molecule has 1 heterocycles. The van der Waals surface area contributed by atoms with Crippen LogP contribution in [0.5, 0.6) is 0 Å². The van der Waals surface area contributed by atoms with Crippen molar-refractivity contribution in [3.05, 3.63) is 0 Å². The molecule has 0 spiro atoms. The van der Waals surface area contributed by atoms with Crippen LogP contribution in [0.2, 0.25) is 0 Å². The van der Waals surface area contributed by atoms with E-state index in [1.54, 1.807) is 0 Å². The van der Waals surface area contributed by atoms with Crippen molar-refractivity contribution in [2.24, 2.45) is 5.41 Å². The van der Waals surface area contributed by atoms with Gasteiger partial charge >= 0.3 is 0 Å². The first-order valence-electron chi connectivity index (χ1n) is 6.45. The number of nitrogens with one attached hydrogen (secondary N) is 1. The molecule has 0 unspecified atom stereocenters. The number of carbonyl (C=O) groups is 1. The standard InChI is InChI=1S/C13H26N2O2/c1-10(2)14-8-11-9-15(6-7-17-11)12(16)13(3,4)5/h10-11,14H,6-9H2,1-5H3/t11-/m0/s1. The summed E-state index contributed by atoms with van der Waals surface area (Å²) in [5, 5.41) is 3.35. The molecular weight excluding hydrogens is 216 g/mol. The van der Waals surface area contributed by atoms with Crippen molar-refractivity contribution >= 4 is 5.91 Å². The Kier molecular flexibility index (Phi) is 4.95. The van der Waals surface area contributed by atoms with Gasteiger partial charge in [-0.15, -0.1) is 0 Å². The van der Waals surface area contributed by atoms with Crippen LogP contribution in [0.4, 0.5) is 0 Å². The maximum Gasteiger partial charge on any atom is 0.228 e. The summed E-state index contributed by atoms with van der Waals surface area (Å²) in [4.78, 5) is 14.1. The quantitative estimate of drug-likeness (QED) is 0.810. The zero-order chi connectivity index (χ0) is 13.1. The molecule has 1 rings (SSSR count). The van der Waals surface area contributed by atoms with Gasteiger partial charge < -0.3 is 15.0 Å². The maximum atomic E-state index is 12.2. The summed E-state index contributed by atoms with van der Waals surface area (Å²) in [6.45, 7) is 13.0. The number of nitrogens with zero attached hydrogens (tertiary/aromatic N) is 1. The SMILES string of the molecule is CC(C)NC[C@H]1CN(C(=O)C(C)(C)C)CCO1. The van der Waals surface area contributed by atoms with Crippen LogP contribution in [0.15, 0.2) is 0 Å². The molecule has 1 fully saturated rings. The molecule has 0 aliphatic carbocycles. The lowest BCUT2D eigenvalue weighted by atomic mass is 9.94. The third-order valence-electron chi connectivity index (χ3n) is 2.82. The van der Waals surface area contributed by atoms with Gasteiger partial charge in [0.2, 0.25) is 5.91 Å². The highest BCUT2D eigenvalue weighted by molar-refractivity contribution is 5.81. The van der Waals surface area contributed by atoms with Crippen LogP contribution < -0.4 is 5.32 Å². The molecular formula is C13H26N2O2. The van der Waals surface area contributed by atoms with Crippen LogP contribution in [0, 0.1) is 5.41 Å². The molecule has 1 N–H and O–H groups in total. The molecule has 4 nitrogen and oxygen atoms in total. The molecule has 0 radical (unpaired) electrons. The van der Waals surface area contributed by atoms with E-state index in [1.807, 2.05) is 25.7 Å². The Morgan fingerprint density at radius 2 is 2.12 bits per heavy atom. The molecule has 1 atom stereocenters. The van der Waals surface area contributed by atoms with E-state index in [0.29, 0.717) is 25.7 Å². The Labute approximate surface area is 105 Å². The van der Waals surface area contributed by atoms with Gasteiger partial charge in [-0.3, -0.25) is 4.79 Å². The van der Waals surface area contributed by atoms with E-state index in [9.17, 15) is 4.79 Å². The summed E-state index contributed by atoms with van der Waals surface area (Å²) in [5.74, 6) is 0.218. The summed E-state index contributed by atoms with van der Waals surface area (Å²) in [6, 6.07) is 0.451. The minimum Gasteiger partial charge on any atom is -0.373 e. The molecule has 1 aliphatic rings. The average Bonchev–Trinajstić information content (AvgIpc) is 2.24. The van der Waals surface area contributed by atoms with Crippen LogP contribution >= 0.6 is 0 Å².